The van der Waals surface area contributed by atoms with E-state index in [-0.39, 0.29) is 5.82 Å². The molecule has 1 aromatic heterocycles. The van der Waals surface area contributed by atoms with E-state index >= 15 is 0 Å². The Bertz CT molecular complexity index is 682. The summed E-state index contributed by atoms with van der Waals surface area (Å²) in [6.07, 6.45) is 5.93. The van der Waals surface area contributed by atoms with E-state index in [2.05, 4.69) is 19.8 Å². The van der Waals surface area contributed by atoms with Gasteiger partial charge in [0.25, 0.3) is 0 Å². The number of halogens is 1. The smallest absolute Gasteiger partial charge is 0.225 e. The molecule has 132 valence electrons. The van der Waals surface area contributed by atoms with E-state index in [1.165, 1.54) is 18.6 Å². The van der Waals surface area contributed by atoms with Gasteiger partial charge in [0, 0.05) is 50.5 Å². The van der Waals surface area contributed by atoms with E-state index in [0.29, 0.717) is 18.6 Å². The number of rotatable bonds is 4. The number of ether oxygens (including phenoxy) is 1. The average Bonchev–Trinajstić information content (AvgIpc) is 2.68. The third-order valence-corrected chi connectivity index (χ3v) is 5.14. The Morgan fingerprint density at radius 2 is 1.84 bits per heavy atom. The quantitative estimate of drug-likeness (QED) is 0.854. The molecule has 0 spiro atoms. The SMILES string of the molecule is Fc1ccc(OC[C@H]2CC[C@H]3CN(c4ncccn4)CCN3C2)cc1. The van der Waals surface area contributed by atoms with Gasteiger partial charge in [0.15, 0.2) is 0 Å². The van der Waals surface area contributed by atoms with Crippen molar-refractivity contribution < 1.29 is 9.13 Å². The third kappa shape index (κ3) is 3.90. The molecule has 2 saturated heterocycles. The third-order valence-electron chi connectivity index (χ3n) is 5.14. The molecule has 2 fully saturated rings. The fourth-order valence-electron chi connectivity index (χ4n) is 3.78. The van der Waals surface area contributed by atoms with Crippen molar-refractivity contribution in [2.45, 2.75) is 18.9 Å². The zero-order valence-corrected chi connectivity index (χ0v) is 14.2. The van der Waals surface area contributed by atoms with Crippen LogP contribution in [0.25, 0.3) is 0 Å². The normalized spacial score (nSPS) is 24.0. The molecular weight excluding hydrogens is 319 g/mol. The first-order chi connectivity index (χ1) is 12.3. The summed E-state index contributed by atoms with van der Waals surface area (Å²) in [5.41, 5.74) is 0. The van der Waals surface area contributed by atoms with Gasteiger partial charge in [-0.2, -0.15) is 0 Å². The summed E-state index contributed by atoms with van der Waals surface area (Å²) in [6, 6.07) is 8.69. The van der Waals surface area contributed by atoms with E-state index < -0.39 is 0 Å². The standard InChI is InChI=1S/C19H23FN4O/c20-16-3-6-18(7-4-16)25-14-15-2-5-17-13-24(11-10-23(17)12-15)19-21-8-1-9-22-19/h1,3-4,6-9,15,17H,2,5,10-14H2/t15-,17-/m0/s1. The van der Waals surface area contributed by atoms with E-state index in [1.807, 2.05) is 6.07 Å². The molecule has 1 aromatic carbocycles. The second-order valence-electron chi connectivity index (χ2n) is 6.85. The molecule has 0 N–H and O–H groups in total. The van der Waals surface area contributed by atoms with Crippen LogP contribution in [0.4, 0.5) is 10.3 Å². The summed E-state index contributed by atoms with van der Waals surface area (Å²) in [6.45, 7) is 4.76. The van der Waals surface area contributed by atoms with Crippen molar-refractivity contribution >= 4 is 5.95 Å². The molecule has 25 heavy (non-hydrogen) atoms. The van der Waals surface area contributed by atoms with Crippen LogP contribution < -0.4 is 9.64 Å². The van der Waals surface area contributed by atoms with Crippen molar-refractivity contribution in [1.29, 1.82) is 0 Å². The molecule has 0 unspecified atom stereocenters. The number of anilines is 1. The van der Waals surface area contributed by atoms with Crippen molar-refractivity contribution in [1.82, 2.24) is 14.9 Å². The summed E-state index contributed by atoms with van der Waals surface area (Å²) in [5.74, 6) is 1.88. The summed E-state index contributed by atoms with van der Waals surface area (Å²) < 4.78 is 18.8. The molecule has 0 aliphatic carbocycles. The number of piperazine rings is 1. The van der Waals surface area contributed by atoms with Gasteiger partial charge in [-0.25, -0.2) is 14.4 Å². The lowest BCUT2D eigenvalue weighted by molar-refractivity contribution is 0.0725. The van der Waals surface area contributed by atoms with Crippen LogP contribution >= 0.6 is 0 Å². The molecule has 0 radical (unpaired) electrons. The van der Waals surface area contributed by atoms with Crippen LogP contribution in [0.1, 0.15) is 12.8 Å². The molecule has 0 bridgehead atoms. The van der Waals surface area contributed by atoms with Crippen LogP contribution in [-0.4, -0.2) is 53.7 Å². The van der Waals surface area contributed by atoms with Crippen molar-refractivity contribution in [3.05, 3.63) is 48.5 Å². The second kappa shape index (κ2) is 7.35. The van der Waals surface area contributed by atoms with Gasteiger partial charge >= 0.3 is 0 Å². The molecule has 0 amide bonds. The number of nitrogens with zero attached hydrogens (tertiary/aromatic N) is 4. The van der Waals surface area contributed by atoms with Gasteiger partial charge < -0.3 is 9.64 Å². The van der Waals surface area contributed by atoms with Gasteiger partial charge in [-0.15, -0.1) is 0 Å². The first-order valence-electron chi connectivity index (χ1n) is 8.92. The highest BCUT2D eigenvalue weighted by Gasteiger charge is 2.33. The number of hydrogen-bond donors (Lipinski definition) is 0. The number of hydrogen-bond acceptors (Lipinski definition) is 5. The number of piperidine rings is 1. The maximum atomic E-state index is 12.9. The van der Waals surface area contributed by atoms with Crippen molar-refractivity contribution in [2.75, 3.05) is 37.7 Å². The van der Waals surface area contributed by atoms with Crippen molar-refractivity contribution in [2.24, 2.45) is 5.92 Å². The number of aromatic nitrogens is 2. The molecule has 6 heteroatoms. The van der Waals surface area contributed by atoms with Crippen LogP contribution in [0.15, 0.2) is 42.7 Å². The van der Waals surface area contributed by atoms with Crippen LogP contribution in [-0.2, 0) is 0 Å². The Labute approximate surface area is 147 Å². The minimum absolute atomic E-state index is 0.229. The van der Waals surface area contributed by atoms with Crippen LogP contribution in [0.5, 0.6) is 5.75 Å². The Hall–Kier alpha value is -2.21. The van der Waals surface area contributed by atoms with Gasteiger partial charge in [0.05, 0.1) is 6.61 Å². The van der Waals surface area contributed by atoms with Crippen LogP contribution in [0.2, 0.25) is 0 Å². The predicted molar refractivity (Wildman–Crippen MR) is 94.2 cm³/mol. The summed E-state index contributed by atoms with van der Waals surface area (Å²) in [4.78, 5) is 13.6. The van der Waals surface area contributed by atoms with Gasteiger partial charge in [-0.3, -0.25) is 4.90 Å². The maximum absolute atomic E-state index is 12.9. The largest absolute Gasteiger partial charge is 0.493 e. The fraction of sp³-hybridized carbons (Fsp3) is 0.474. The molecule has 4 rings (SSSR count). The zero-order valence-electron chi connectivity index (χ0n) is 14.2. The lowest BCUT2D eigenvalue weighted by Crippen LogP contribution is -2.57. The highest BCUT2D eigenvalue weighted by Crippen LogP contribution is 2.27. The monoisotopic (exact) mass is 342 g/mol. The lowest BCUT2D eigenvalue weighted by atomic mass is 9.91. The fourth-order valence-corrected chi connectivity index (χ4v) is 3.78. The first kappa shape index (κ1) is 16.3. The maximum Gasteiger partial charge on any atom is 0.225 e. The summed E-state index contributed by atoms with van der Waals surface area (Å²) >= 11 is 0. The van der Waals surface area contributed by atoms with Gasteiger partial charge in [0.2, 0.25) is 5.95 Å². The Morgan fingerprint density at radius 1 is 1.04 bits per heavy atom. The topological polar surface area (TPSA) is 41.5 Å². The summed E-state index contributed by atoms with van der Waals surface area (Å²) in [5, 5.41) is 0. The number of fused-ring (bicyclic) bond motifs is 1. The number of benzene rings is 1. The van der Waals surface area contributed by atoms with Crippen molar-refractivity contribution in [3.63, 3.8) is 0 Å². The van der Waals surface area contributed by atoms with Crippen molar-refractivity contribution in [3.8, 4) is 5.75 Å². The van der Waals surface area contributed by atoms with E-state index in [4.69, 9.17) is 4.74 Å². The average molecular weight is 342 g/mol. The molecule has 2 aliphatic heterocycles. The highest BCUT2D eigenvalue weighted by molar-refractivity contribution is 5.30. The van der Waals surface area contributed by atoms with Gasteiger partial charge in [-0.1, -0.05) is 0 Å². The first-order valence-corrected chi connectivity index (χ1v) is 8.92. The molecule has 2 aromatic rings. The molecular formula is C19H23FN4O. The van der Waals surface area contributed by atoms with E-state index in [1.54, 1.807) is 24.5 Å². The highest BCUT2D eigenvalue weighted by atomic mass is 19.1. The molecule has 2 aliphatic rings. The lowest BCUT2D eigenvalue weighted by Gasteiger charge is -2.46. The molecule has 0 saturated carbocycles. The predicted octanol–water partition coefficient (Wildman–Crippen LogP) is 2.60. The Kier molecular flexibility index (Phi) is 4.78. The minimum atomic E-state index is -0.229. The van der Waals surface area contributed by atoms with E-state index in [0.717, 1.165) is 44.3 Å². The molecule has 3 heterocycles. The Balaban J connectivity index is 1.29. The van der Waals surface area contributed by atoms with E-state index in [9.17, 15) is 4.39 Å². The van der Waals surface area contributed by atoms with Crippen LogP contribution in [0, 0.1) is 11.7 Å². The summed E-state index contributed by atoms with van der Waals surface area (Å²) in [7, 11) is 0. The zero-order chi connectivity index (χ0) is 17.1. The van der Waals surface area contributed by atoms with Crippen LogP contribution in [0.3, 0.4) is 0 Å². The Morgan fingerprint density at radius 3 is 2.64 bits per heavy atom. The van der Waals surface area contributed by atoms with Gasteiger partial charge in [0.1, 0.15) is 11.6 Å². The minimum Gasteiger partial charge on any atom is -0.493 e. The molecule has 2 atom stereocenters. The molecule has 5 nitrogen and oxygen atoms in total. The van der Waals surface area contributed by atoms with Gasteiger partial charge in [-0.05, 0) is 43.2 Å². The second-order valence-corrected chi connectivity index (χ2v) is 6.85.